The summed E-state index contributed by atoms with van der Waals surface area (Å²) in [4.78, 5) is 14.2. The summed E-state index contributed by atoms with van der Waals surface area (Å²) in [6, 6.07) is 4.01. The van der Waals surface area contributed by atoms with Crippen molar-refractivity contribution in [3.63, 3.8) is 0 Å². The lowest BCUT2D eigenvalue weighted by molar-refractivity contribution is 0.0711. The lowest BCUT2D eigenvalue weighted by atomic mass is 10.1. The topological polar surface area (TPSA) is 60.8 Å². The minimum Gasteiger partial charge on any atom is -0.508 e. The van der Waals surface area contributed by atoms with E-state index in [0.29, 0.717) is 24.9 Å². The third-order valence-electron chi connectivity index (χ3n) is 2.67. The smallest absolute Gasteiger partial charge is 0.257 e. The number of amides is 1. The lowest BCUT2D eigenvalue weighted by Crippen LogP contribution is -2.37. The monoisotopic (exact) mass is 265 g/mol. The van der Waals surface area contributed by atoms with Crippen LogP contribution in [0.25, 0.3) is 0 Å². The van der Waals surface area contributed by atoms with Crippen LogP contribution in [0.4, 0.5) is 0 Å². The zero-order valence-corrected chi connectivity index (χ0v) is 12.1. The molecule has 0 radical (unpaired) electrons. The molecule has 19 heavy (non-hydrogen) atoms. The Labute approximate surface area is 114 Å². The largest absolute Gasteiger partial charge is 0.508 e. The highest BCUT2D eigenvalue weighted by Crippen LogP contribution is 2.24. The van der Waals surface area contributed by atoms with E-state index in [1.807, 2.05) is 27.7 Å². The third kappa shape index (κ3) is 4.47. The van der Waals surface area contributed by atoms with Gasteiger partial charge in [0.05, 0.1) is 5.56 Å². The van der Waals surface area contributed by atoms with Crippen LogP contribution in [0.3, 0.4) is 0 Å². The van der Waals surface area contributed by atoms with Crippen molar-refractivity contribution in [2.75, 3.05) is 13.1 Å². The van der Waals surface area contributed by atoms with Crippen LogP contribution < -0.4 is 0 Å². The van der Waals surface area contributed by atoms with Crippen molar-refractivity contribution in [1.29, 1.82) is 0 Å². The maximum absolute atomic E-state index is 12.4. The van der Waals surface area contributed by atoms with Crippen LogP contribution in [0.15, 0.2) is 18.2 Å². The molecule has 1 amide bonds. The number of hydrogen-bond donors (Lipinski definition) is 2. The Kier molecular flexibility index (Phi) is 5.21. The molecule has 4 heteroatoms. The normalized spacial score (nSPS) is 11.1. The quantitative estimate of drug-likeness (QED) is 0.805. The number of carbonyl (C=O) groups excluding carboxylic acids is 1. The van der Waals surface area contributed by atoms with Crippen LogP contribution in [-0.2, 0) is 0 Å². The molecule has 0 saturated heterocycles. The van der Waals surface area contributed by atoms with Gasteiger partial charge in [-0.15, -0.1) is 0 Å². The Hall–Kier alpha value is -1.71. The van der Waals surface area contributed by atoms with Crippen molar-refractivity contribution >= 4 is 5.91 Å². The molecule has 0 spiro atoms. The summed E-state index contributed by atoms with van der Waals surface area (Å²) in [7, 11) is 0. The Morgan fingerprint density at radius 3 is 2.11 bits per heavy atom. The standard InChI is InChI=1S/C15H23NO3/c1-10(2)8-16(9-11(3)4)15(19)13-7-12(17)5-6-14(13)18/h5-7,10-11,17-18H,8-9H2,1-4H3. The molecule has 0 aliphatic heterocycles. The average Bonchev–Trinajstić information content (AvgIpc) is 2.29. The minimum atomic E-state index is -0.240. The van der Waals surface area contributed by atoms with Gasteiger partial charge in [-0.25, -0.2) is 0 Å². The van der Waals surface area contributed by atoms with E-state index in [9.17, 15) is 15.0 Å². The Balaban J connectivity index is 3.00. The molecule has 0 aliphatic rings. The van der Waals surface area contributed by atoms with E-state index in [4.69, 9.17) is 0 Å². The van der Waals surface area contributed by atoms with Gasteiger partial charge in [-0.3, -0.25) is 4.79 Å². The summed E-state index contributed by atoms with van der Waals surface area (Å²) in [5.41, 5.74) is 0.154. The zero-order chi connectivity index (χ0) is 14.6. The highest BCUT2D eigenvalue weighted by molar-refractivity contribution is 5.97. The highest BCUT2D eigenvalue weighted by Gasteiger charge is 2.21. The van der Waals surface area contributed by atoms with Crippen molar-refractivity contribution in [2.45, 2.75) is 27.7 Å². The van der Waals surface area contributed by atoms with Crippen LogP contribution in [0.2, 0.25) is 0 Å². The van der Waals surface area contributed by atoms with E-state index < -0.39 is 0 Å². The number of nitrogens with zero attached hydrogens (tertiary/aromatic N) is 1. The highest BCUT2D eigenvalue weighted by atomic mass is 16.3. The Morgan fingerprint density at radius 1 is 1.11 bits per heavy atom. The fraction of sp³-hybridized carbons (Fsp3) is 0.533. The average molecular weight is 265 g/mol. The molecular formula is C15H23NO3. The number of hydrogen-bond acceptors (Lipinski definition) is 3. The molecule has 0 aromatic heterocycles. The number of rotatable bonds is 5. The second-order valence-electron chi connectivity index (χ2n) is 5.70. The van der Waals surface area contributed by atoms with Crippen molar-refractivity contribution in [3.05, 3.63) is 23.8 Å². The van der Waals surface area contributed by atoms with Crippen molar-refractivity contribution < 1.29 is 15.0 Å². The van der Waals surface area contributed by atoms with Crippen LogP contribution in [0, 0.1) is 11.8 Å². The Morgan fingerprint density at radius 2 is 1.63 bits per heavy atom. The number of carbonyl (C=O) groups is 1. The molecule has 106 valence electrons. The van der Waals surface area contributed by atoms with Gasteiger partial charge in [0.15, 0.2) is 0 Å². The molecule has 0 fully saturated rings. The molecule has 0 atom stereocenters. The van der Waals surface area contributed by atoms with Crippen LogP contribution in [-0.4, -0.2) is 34.1 Å². The molecule has 0 saturated carbocycles. The molecule has 0 bridgehead atoms. The van der Waals surface area contributed by atoms with Crippen LogP contribution >= 0.6 is 0 Å². The first kappa shape index (κ1) is 15.3. The summed E-state index contributed by atoms with van der Waals surface area (Å²) in [6.07, 6.45) is 0. The molecule has 4 nitrogen and oxygen atoms in total. The second-order valence-corrected chi connectivity index (χ2v) is 5.70. The van der Waals surface area contributed by atoms with Gasteiger partial charge in [-0.1, -0.05) is 27.7 Å². The van der Waals surface area contributed by atoms with Crippen molar-refractivity contribution in [1.82, 2.24) is 4.90 Å². The zero-order valence-electron chi connectivity index (χ0n) is 12.1. The maximum Gasteiger partial charge on any atom is 0.257 e. The molecule has 0 heterocycles. The number of phenolic OH excluding ortho intramolecular Hbond substituents is 2. The fourth-order valence-corrected chi connectivity index (χ4v) is 1.99. The van der Waals surface area contributed by atoms with E-state index in [1.165, 1.54) is 18.2 Å². The number of phenols is 2. The molecule has 0 aliphatic carbocycles. The third-order valence-corrected chi connectivity index (χ3v) is 2.67. The fourth-order valence-electron chi connectivity index (χ4n) is 1.99. The van der Waals surface area contributed by atoms with Crippen molar-refractivity contribution in [2.24, 2.45) is 11.8 Å². The summed E-state index contributed by atoms with van der Waals surface area (Å²) in [6.45, 7) is 9.44. The number of aromatic hydroxyl groups is 2. The minimum absolute atomic E-state index is 0.0183. The maximum atomic E-state index is 12.4. The molecule has 2 N–H and O–H groups in total. The van der Waals surface area contributed by atoms with Crippen molar-refractivity contribution in [3.8, 4) is 11.5 Å². The van der Waals surface area contributed by atoms with Gasteiger partial charge >= 0.3 is 0 Å². The molecule has 1 rings (SSSR count). The van der Waals surface area contributed by atoms with Gasteiger partial charge < -0.3 is 15.1 Å². The second kappa shape index (κ2) is 6.45. The van der Waals surface area contributed by atoms with Gasteiger partial charge in [0, 0.05) is 13.1 Å². The van der Waals surface area contributed by atoms with E-state index in [-0.39, 0.29) is 23.0 Å². The van der Waals surface area contributed by atoms with Gasteiger partial charge in [0.1, 0.15) is 11.5 Å². The predicted molar refractivity (Wildman–Crippen MR) is 75.4 cm³/mol. The number of benzene rings is 1. The van der Waals surface area contributed by atoms with E-state index in [0.717, 1.165) is 0 Å². The van der Waals surface area contributed by atoms with Crippen LogP contribution in [0.1, 0.15) is 38.1 Å². The van der Waals surface area contributed by atoms with E-state index >= 15 is 0 Å². The molecule has 0 unspecified atom stereocenters. The summed E-state index contributed by atoms with van der Waals surface area (Å²) < 4.78 is 0. The first-order valence-electron chi connectivity index (χ1n) is 6.62. The lowest BCUT2D eigenvalue weighted by Gasteiger charge is -2.26. The van der Waals surface area contributed by atoms with Gasteiger partial charge in [0.25, 0.3) is 5.91 Å². The summed E-state index contributed by atoms with van der Waals surface area (Å²) >= 11 is 0. The molecule has 1 aromatic carbocycles. The van der Waals surface area contributed by atoms with E-state index in [2.05, 4.69) is 0 Å². The molecule has 1 aromatic rings. The van der Waals surface area contributed by atoms with Gasteiger partial charge in [-0.2, -0.15) is 0 Å². The van der Waals surface area contributed by atoms with Crippen LogP contribution in [0.5, 0.6) is 11.5 Å². The predicted octanol–water partition coefficient (Wildman–Crippen LogP) is 2.85. The van der Waals surface area contributed by atoms with Gasteiger partial charge in [0.2, 0.25) is 0 Å². The summed E-state index contributed by atoms with van der Waals surface area (Å²) in [5, 5.41) is 19.2. The molecular weight excluding hydrogens is 242 g/mol. The first-order valence-corrected chi connectivity index (χ1v) is 6.62. The first-order chi connectivity index (χ1) is 8.81. The Bertz CT molecular complexity index is 431. The van der Waals surface area contributed by atoms with Gasteiger partial charge in [-0.05, 0) is 30.0 Å². The summed E-state index contributed by atoms with van der Waals surface area (Å²) in [5.74, 6) is 0.343. The SMILES string of the molecule is CC(C)CN(CC(C)C)C(=O)c1cc(O)ccc1O. The van der Waals surface area contributed by atoms with E-state index in [1.54, 1.807) is 4.90 Å².